The van der Waals surface area contributed by atoms with Crippen molar-refractivity contribution in [2.45, 2.75) is 19.4 Å². The Kier molecular flexibility index (Phi) is 3.37. The Balaban J connectivity index is 1.46. The van der Waals surface area contributed by atoms with Gasteiger partial charge in [-0.2, -0.15) is 0 Å². The number of fused-ring (bicyclic) bond motifs is 2. The van der Waals surface area contributed by atoms with Gasteiger partial charge in [0.1, 0.15) is 5.82 Å². The van der Waals surface area contributed by atoms with Gasteiger partial charge in [-0.1, -0.05) is 0 Å². The lowest BCUT2D eigenvalue weighted by molar-refractivity contribution is 0.0760. The Morgan fingerprint density at radius 3 is 3.26 bits per heavy atom. The molecule has 1 atom stereocenters. The summed E-state index contributed by atoms with van der Waals surface area (Å²) in [6.07, 6.45) is 7.59. The van der Waals surface area contributed by atoms with Crippen LogP contribution in [0.5, 0.6) is 0 Å². The first-order chi connectivity index (χ1) is 11.2. The van der Waals surface area contributed by atoms with Crippen LogP contribution in [0.4, 0.5) is 0 Å². The van der Waals surface area contributed by atoms with Crippen LogP contribution in [0, 0.1) is 5.92 Å². The second-order valence-electron chi connectivity index (χ2n) is 6.22. The maximum atomic E-state index is 12.7. The minimum Gasteiger partial charge on any atom is -0.345 e. The van der Waals surface area contributed by atoms with E-state index < -0.39 is 0 Å². The summed E-state index contributed by atoms with van der Waals surface area (Å²) in [5.41, 5.74) is 2.47. The molecule has 1 aliphatic heterocycles. The molecule has 2 aromatic heterocycles. The number of aromatic nitrogens is 4. The summed E-state index contributed by atoms with van der Waals surface area (Å²) in [6.45, 7) is 1.70. The molecule has 4 rings (SSSR count). The van der Waals surface area contributed by atoms with E-state index in [2.05, 4.69) is 19.5 Å². The van der Waals surface area contributed by atoms with Crippen LogP contribution >= 0.6 is 0 Å². The van der Waals surface area contributed by atoms with Crippen LogP contribution in [0.15, 0.2) is 36.9 Å². The largest absolute Gasteiger partial charge is 0.345 e. The minimum absolute atomic E-state index is 0.0536. The molecule has 6 heteroatoms. The van der Waals surface area contributed by atoms with Crippen molar-refractivity contribution < 1.29 is 4.79 Å². The second kappa shape index (κ2) is 5.53. The number of nitrogens with zero attached hydrogens (tertiary/aromatic N) is 4. The Labute approximate surface area is 134 Å². The predicted octanol–water partition coefficient (Wildman–Crippen LogP) is 2.09. The number of aromatic amines is 1. The SMILES string of the molecule is CN(CC1CCc2nccn2C1)C(=O)c1ccc2nc[nH]c2c1. The molecule has 1 aromatic carbocycles. The van der Waals surface area contributed by atoms with E-state index >= 15 is 0 Å². The van der Waals surface area contributed by atoms with Gasteiger partial charge in [-0.25, -0.2) is 9.97 Å². The molecule has 1 N–H and O–H groups in total. The quantitative estimate of drug-likeness (QED) is 0.805. The molecule has 0 bridgehead atoms. The smallest absolute Gasteiger partial charge is 0.253 e. The lowest BCUT2D eigenvalue weighted by Gasteiger charge is -2.28. The van der Waals surface area contributed by atoms with Crippen LogP contribution in [0.25, 0.3) is 11.0 Å². The van der Waals surface area contributed by atoms with Gasteiger partial charge in [-0.05, 0) is 30.5 Å². The Hall–Kier alpha value is -2.63. The van der Waals surface area contributed by atoms with Gasteiger partial charge in [0.15, 0.2) is 0 Å². The van der Waals surface area contributed by atoms with Gasteiger partial charge in [-0.3, -0.25) is 4.79 Å². The average molecular weight is 309 g/mol. The Bertz CT molecular complexity index is 849. The second-order valence-corrected chi connectivity index (χ2v) is 6.22. The van der Waals surface area contributed by atoms with Gasteiger partial charge in [0.2, 0.25) is 0 Å². The number of carbonyl (C=O) groups is 1. The first-order valence-corrected chi connectivity index (χ1v) is 7.89. The summed E-state index contributed by atoms with van der Waals surface area (Å²) in [5.74, 6) is 1.68. The highest BCUT2D eigenvalue weighted by molar-refractivity contribution is 5.97. The van der Waals surface area contributed by atoms with Crippen LogP contribution in [-0.4, -0.2) is 43.9 Å². The van der Waals surface area contributed by atoms with Crippen LogP contribution in [0.1, 0.15) is 22.6 Å². The number of hydrogen-bond donors (Lipinski definition) is 1. The predicted molar refractivity (Wildman–Crippen MR) is 87.1 cm³/mol. The average Bonchev–Trinajstić information content (AvgIpc) is 3.21. The van der Waals surface area contributed by atoms with Gasteiger partial charge in [0, 0.05) is 44.5 Å². The number of H-pyrrole nitrogens is 1. The fraction of sp³-hybridized carbons (Fsp3) is 0.353. The molecule has 1 amide bonds. The van der Waals surface area contributed by atoms with E-state index in [4.69, 9.17) is 0 Å². The van der Waals surface area contributed by atoms with Crippen molar-refractivity contribution in [2.24, 2.45) is 5.92 Å². The number of amides is 1. The lowest BCUT2D eigenvalue weighted by Crippen LogP contribution is -2.35. The highest BCUT2D eigenvalue weighted by Crippen LogP contribution is 2.20. The third-order valence-electron chi connectivity index (χ3n) is 4.58. The maximum absolute atomic E-state index is 12.7. The molecular formula is C17H19N5O. The fourth-order valence-corrected chi connectivity index (χ4v) is 3.35. The lowest BCUT2D eigenvalue weighted by atomic mass is 9.98. The van der Waals surface area contributed by atoms with Crippen molar-refractivity contribution in [3.05, 3.63) is 48.3 Å². The standard InChI is InChI=1S/C17H19N5O/c1-21(9-12-2-5-16-18-6-7-22(16)10-12)17(23)13-3-4-14-15(8-13)20-11-19-14/h3-4,6-8,11-12H,2,5,9-10H2,1H3,(H,19,20). The van der Waals surface area contributed by atoms with Gasteiger partial charge in [0.05, 0.1) is 17.4 Å². The molecule has 0 radical (unpaired) electrons. The van der Waals surface area contributed by atoms with E-state index in [-0.39, 0.29) is 5.91 Å². The van der Waals surface area contributed by atoms with Crippen LogP contribution in [0.2, 0.25) is 0 Å². The Morgan fingerprint density at radius 1 is 1.43 bits per heavy atom. The first kappa shape index (κ1) is 14.0. The van der Waals surface area contributed by atoms with Crippen molar-refractivity contribution in [3.8, 4) is 0 Å². The molecule has 3 heterocycles. The minimum atomic E-state index is 0.0536. The van der Waals surface area contributed by atoms with Crippen molar-refractivity contribution >= 4 is 16.9 Å². The topological polar surface area (TPSA) is 66.8 Å². The van der Waals surface area contributed by atoms with E-state index in [0.717, 1.165) is 42.8 Å². The molecule has 1 aliphatic rings. The van der Waals surface area contributed by atoms with E-state index in [1.165, 1.54) is 0 Å². The normalized spacial score (nSPS) is 17.2. The molecule has 3 aromatic rings. The number of benzene rings is 1. The van der Waals surface area contributed by atoms with Gasteiger partial charge in [0.25, 0.3) is 5.91 Å². The van der Waals surface area contributed by atoms with E-state index in [0.29, 0.717) is 11.5 Å². The highest BCUT2D eigenvalue weighted by Gasteiger charge is 2.22. The molecule has 0 saturated carbocycles. The van der Waals surface area contributed by atoms with Gasteiger partial charge >= 0.3 is 0 Å². The number of aryl methyl sites for hydroxylation is 1. The number of hydrogen-bond acceptors (Lipinski definition) is 3. The Morgan fingerprint density at radius 2 is 2.35 bits per heavy atom. The summed E-state index contributed by atoms with van der Waals surface area (Å²) >= 11 is 0. The third-order valence-corrected chi connectivity index (χ3v) is 4.58. The zero-order chi connectivity index (χ0) is 15.8. The molecule has 0 spiro atoms. The summed E-state index contributed by atoms with van der Waals surface area (Å²) in [5, 5.41) is 0. The number of imidazole rings is 2. The monoisotopic (exact) mass is 309 g/mol. The number of carbonyl (C=O) groups excluding carboxylic acids is 1. The van der Waals surface area contributed by atoms with E-state index in [1.807, 2.05) is 42.5 Å². The maximum Gasteiger partial charge on any atom is 0.253 e. The zero-order valence-corrected chi connectivity index (χ0v) is 13.1. The van der Waals surface area contributed by atoms with Crippen LogP contribution in [0.3, 0.4) is 0 Å². The molecule has 0 saturated heterocycles. The molecule has 1 unspecified atom stereocenters. The summed E-state index contributed by atoms with van der Waals surface area (Å²) in [7, 11) is 1.88. The molecular weight excluding hydrogens is 290 g/mol. The zero-order valence-electron chi connectivity index (χ0n) is 13.1. The van der Waals surface area contributed by atoms with Crippen LogP contribution in [-0.2, 0) is 13.0 Å². The van der Waals surface area contributed by atoms with Gasteiger partial charge in [-0.15, -0.1) is 0 Å². The third kappa shape index (κ3) is 2.60. The van der Waals surface area contributed by atoms with Crippen molar-refractivity contribution in [1.29, 1.82) is 0 Å². The molecule has 6 nitrogen and oxygen atoms in total. The molecule has 0 fully saturated rings. The molecule has 0 aliphatic carbocycles. The molecule has 118 valence electrons. The fourth-order valence-electron chi connectivity index (χ4n) is 3.35. The van der Waals surface area contributed by atoms with Crippen LogP contribution < -0.4 is 0 Å². The first-order valence-electron chi connectivity index (χ1n) is 7.89. The summed E-state index contributed by atoms with van der Waals surface area (Å²) in [6, 6.07) is 5.60. The summed E-state index contributed by atoms with van der Waals surface area (Å²) < 4.78 is 2.20. The highest BCUT2D eigenvalue weighted by atomic mass is 16.2. The van der Waals surface area contributed by atoms with Crippen molar-refractivity contribution in [3.63, 3.8) is 0 Å². The molecule has 23 heavy (non-hydrogen) atoms. The van der Waals surface area contributed by atoms with Crippen molar-refractivity contribution in [1.82, 2.24) is 24.4 Å². The summed E-state index contributed by atoms with van der Waals surface area (Å²) in [4.78, 5) is 26.1. The number of nitrogens with one attached hydrogen (secondary N) is 1. The van der Waals surface area contributed by atoms with E-state index in [1.54, 1.807) is 6.33 Å². The van der Waals surface area contributed by atoms with Gasteiger partial charge < -0.3 is 14.5 Å². The van der Waals surface area contributed by atoms with E-state index in [9.17, 15) is 4.79 Å². The van der Waals surface area contributed by atoms with Crippen molar-refractivity contribution in [2.75, 3.05) is 13.6 Å². The number of rotatable bonds is 3.